The summed E-state index contributed by atoms with van der Waals surface area (Å²) in [7, 11) is 1.98. The molecule has 6 nitrogen and oxygen atoms in total. The Kier molecular flexibility index (Phi) is 6.97. The number of rotatable bonds is 7. The molecule has 0 saturated heterocycles. The molecular weight excluding hydrogens is 270 g/mol. The molecule has 0 aliphatic carbocycles. The summed E-state index contributed by atoms with van der Waals surface area (Å²) in [6, 6.07) is 6.69. The zero-order valence-electron chi connectivity index (χ0n) is 12.3. The van der Waals surface area contributed by atoms with Crippen molar-refractivity contribution in [3.8, 4) is 0 Å². The minimum atomic E-state index is -1.01. The van der Waals surface area contributed by atoms with E-state index in [4.69, 9.17) is 5.11 Å². The van der Waals surface area contributed by atoms with Crippen molar-refractivity contribution in [3.05, 3.63) is 35.9 Å². The summed E-state index contributed by atoms with van der Waals surface area (Å²) in [6.45, 7) is 4.33. The van der Waals surface area contributed by atoms with Gasteiger partial charge in [0.25, 0.3) is 0 Å². The first-order chi connectivity index (χ1) is 10.0. The van der Waals surface area contributed by atoms with Gasteiger partial charge in [0, 0.05) is 24.9 Å². The second kappa shape index (κ2) is 8.76. The SMILES string of the molecule is CCN(C)CCNC(=O)Nc1cccc(/C=C/C(=O)O)c1. The van der Waals surface area contributed by atoms with Gasteiger partial charge in [-0.15, -0.1) is 0 Å². The van der Waals surface area contributed by atoms with Gasteiger partial charge < -0.3 is 20.6 Å². The molecule has 3 N–H and O–H groups in total. The summed E-state index contributed by atoms with van der Waals surface area (Å²) in [5, 5.41) is 14.1. The normalized spacial score (nSPS) is 10.8. The maximum absolute atomic E-state index is 11.7. The number of anilines is 1. The van der Waals surface area contributed by atoms with E-state index in [9.17, 15) is 9.59 Å². The third-order valence-electron chi connectivity index (χ3n) is 2.88. The summed E-state index contributed by atoms with van der Waals surface area (Å²) < 4.78 is 0. The van der Waals surface area contributed by atoms with Crippen molar-refractivity contribution in [3.63, 3.8) is 0 Å². The van der Waals surface area contributed by atoms with Crippen LogP contribution in [0.2, 0.25) is 0 Å². The van der Waals surface area contributed by atoms with Crippen LogP contribution in [-0.2, 0) is 4.79 Å². The van der Waals surface area contributed by atoms with E-state index in [0.29, 0.717) is 17.8 Å². The monoisotopic (exact) mass is 291 g/mol. The number of nitrogens with zero attached hydrogens (tertiary/aromatic N) is 1. The first-order valence-electron chi connectivity index (χ1n) is 6.75. The fourth-order valence-corrected chi connectivity index (χ4v) is 1.58. The second-order valence-electron chi connectivity index (χ2n) is 4.57. The standard InChI is InChI=1S/C15H21N3O3/c1-3-18(2)10-9-16-15(21)17-13-6-4-5-12(11-13)7-8-14(19)20/h4-8,11H,3,9-10H2,1-2H3,(H,19,20)(H2,16,17,21)/b8-7+. The van der Waals surface area contributed by atoms with E-state index >= 15 is 0 Å². The molecule has 0 atom stereocenters. The minimum Gasteiger partial charge on any atom is -0.478 e. The second-order valence-corrected chi connectivity index (χ2v) is 4.57. The maximum atomic E-state index is 11.7. The molecule has 1 rings (SSSR count). The number of amides is 2. The lowest BCUT2D eigenvalue weighted by Gasteiger charge is -2.14. The van der Waals surface area contributed by atoms with Crippen LogP contribution in [-0.4, -0.2) is 48.7 Å². The van der Waals surface area contributed by atoms with Crippen LogP contribution in [0.25, 0.3) is 6.08 Å². The fraction of sp³-hybridized carbons (Fsp3) is 0.333. The Morgan fingerprint density at radius 1 is 1.38 bits per heavy atom. The van der Waals surface area contributed by atoms with Crippen LogP contribution in [0, 0.1) is 0 Å². The van der Waals surface area contributed by atoms with Crippen LogP contribution in [0.3, 0.4) is 0 Å². The van der Waals surface area contributed by atoms with Crippen LogP contribution in [0.15, 0.2) is 30.3 Å². The number of carbonyl (C=O) groups is 2. The molecule has 6 heteroatoms. The highest BCUT2D eigenvalue weighted by atomic mass is 16.4. The average molecular weight is 291 g/mol. The Bertz CT molecular complexity index is 515. The molecule has 0 aromatic heterocycles. The molecule has 0 unspecified atom stereocenters. The quantitative estimate of drug-likeness (QED) is 0.670. The third kappa shape index (κ3) is 7.12. The number of aliphatic carboxylic acids is 1. The highest BCUT2D eigenvalue weighted by Crippen LogP contribution is 2.11. The molecule has 0 spiro atoms. The van der Waals surface area contributed by atoms with Crippen molar-refractivity contribution in [2.75, 3.05) is 32.0 Å². The molecular formula is C15H21N3O3. The van der Waals surface area contributed by atoms with Gasteiger partial charge in [0.15, 0.2) is 0 Å². The molecule has 2 amide bonds. The zero-order valence-corrected chi connectivity index (χ0v) is 12.3. The molecule has 0 heterocycles. The minimum absolute atomic E-state index is 0.279. The Morgan fingerprint density at radius 3 is 2.81 bits per heavy atom. The number of benzene rings is 1. The highest BCUT2D eigenvalue weighted by Gasteiger charge is 2.02. The van der Waals surface area contributed by atoms with Crippen LogP contribution in [0.4, 0.5) is 10.5 Å². The van der Waals surface area contributed by atoms with Crippen LogP contribution in [0.5, 0.6) is 0 Å². The van der Waals surface area contributed by atoms with Gasteiger partial charge in [-0.05, 0) is 37.4 Å². The number of urea groups is 1. The van der Waals surface area contributed by atoms with E-state index in [0.717, 1.165) is 19.2 Å². The lowest BCUT2D eigenvalue weighted by Crippen LogP contribution is -2.35. The average Bonchev–Trinajstić information content (AvgIpc) is 2.45. The van der Waals surface area contributed by atoms with Crippen molar-refractivity contribution in [2.24, 2.45) is 0 Å². The number of nitrogens with one attached hydrogen (secondary N) is 2. The number of likely N-dealkylation sites (N-methyl/N-ethyl adjacent to an activating group) is 1. The maximum Gasteiger partial charge on any atom is 0.328 e. The van der Waals surface area contributed by atoms with E-state index < -0.39 is 5.97 Å². The van der Waals surface area contributed by atoms with E-state index in [1.807, 2.05) is 7.05 Å². The van der Waals surface area contributed by atoms with Crippen molar-refractivity contribution in [1.29, 1.82) is 0 Å². The molecule has 0 aliphatic rings. The molecule has 1 aromatic carbocycles. The van der Waals surface area contributed by atoms with Gasteiger partial charge in [0.2, 0.25) is 0 Å². The Labute approximate surface area is 124 Å². The van der Waals surface area contributed by atoms with Crippen molar-refractivity contribution >= 4 is 23.8 Å². The summed E-state index contributed by atoms with van der Waals surface area (Å²) in [5.74, 6) is -1.01. The Morgan fingerprint density at radius 2 is 2.14 bits per heavy atom. The molecule has 0 fully saturated rings. The van der Waals surface area contributed by atoms with Crippen molar-refractivity contribution in [1.82, 2.24) is 10.2 Å². The predicted molar refractivity (Wildman–Crippen MR) is 83.3 cm³/mol. The first kappa shape index (κ1) is 16.7. The summed E-state index contributed by atoms with van der Waals surface area (Å²) in [6.07, 6.45) is 2.53. The number of carboxylic acids is 1. The molecule has 0 aliphatic heterocycles. The van der Waals surface area contributed by atoms with Gasteiger partial charge in [-0.3, -0.25) is 0 Å². The molecule has 0 bridgehead atoms. The van der Waals surface area contributed by atoms with Crippen LogP contribution in [0.1, 0.15) is 12.5 Å². The highest BCUT2D eigenvalue weighted by molar-refractivity contribution is 5.90. The Balaban J connectivity index is 2.49. The van der Waals surface area contributed by atoms with E-state index in [1.165, 1.54) is 6.08 Å². The summed E-state index contributed by atoms with van der Waals surface area (Å²) in [5.41, 5.74) is 1.32. The van der Waals surface area contributed by atoms with Crippen molar-refractivity contribution < 1.29 is 14.7 Å². The topological polar surface area (TPSA) is 81.7 Å². The predicted octanol–water partition coefficient (Wildman–Crippen LogP) is 1.86. The third-order valence-corrected chi connectivity index (χ3v) is 2.88. The van der Waals surface area contributed by atoms with Gasteiger partial charge in [0.05, 0.1) is 0 Å². The number of carbonyl (C=O) groups excluding carboxylic acids is 1. The van der Waals surface area contributed by atoms with Crippen LogP contribution >= 0.6 is 0 Å². The lowest BCUT2D eigenvalue weighted by atomic mass is 10.2. The molecule has 0 radical (unpaired) electrons. The Hall–Kier alpha value is -2.34. The summed E-state index contributed by atoms with van der Waals surface area (Å²) >= 11 is 0. The van der Waals surface area contributed by atoms with Gasteiger partial charge in [-0.1, -0.05) is 19.1 Å². The molecule has 114 valence electrons. The summed E-state index contributed by atoms with van der Waals surface area (Å²) in [4.78, 5) is 24.3. The van der Waals surface area contributed by atoms with Gasteiger partial charge in [-0.2, -0.15) is 0 Å². The zero-order chi connectivity index (χ0) is 15.7. The van der Waals surface area contributed by atoms with Crippen LogP contribution < -0.4 is 10.6 Å². The van der Waals surface area contributed by atoms with Gasteiger partial charge in [-0.25, -0.2) is 9.59 Å². The largest absolute Gasteiger partial charge is 0.478 e. The fourth-order valence-electron chi connectivity index (χ4n) is 1.58. The number of carboxylic acid groups (broad SMARTS) is 1. The van der Waals surface area contributed by atoms with E-state index in [1.54, 1.807) is 24.3 Å². The van der Waals surface area contributed by atoms with E-state index in [-0.39, 0.29) is 6.03 Å². The smallest absolute Gasteiger partial charge is 0.328 e. The van der Waals surface area contributed by atoms with Crippen molar-refractivity contribution in [2.45, 2.75) is 6.92 Å². The number of hydrogen-bond donors (Lipinski definition) is 3. The molecule has 21 heavy (non-hydrogen) atoms. The van der Waals surface area contributed by atoms with E-state index in [2.05, 4.69) is 22.5 Å². The van der Waals surface area contributed by atoms with Gasteiger partial charge in [0.1, 0.15) is 0 Å². The lowest BCUT2D eigenvalue weighted by molar-refractivity contribution is -0.131. The van der Waals surface area contributed by atoms with Gasteiger partial charge >= 0.3 is 12.0 Å². The number of hydrogen-bond acceptors (Lipinski definition) is 3. The molecule has 1 aromatic rings. The first-order valence-corrected chi connectivity index (χ1v) is 6.75. The molecule has 0 saturated carbocycles.